The first-order chi connectivity index (χ1) is 10.6. The van der Waals surface area contributed by atoms with Gasteiger partial charge in [0.1, 0.15) is 11.5 Å². The van der Waals surface area contributed by atoms with Gasteiger partial charge in [0.25, 0.3) is 0 Å². The highest BCUT2D eigenvalue weighted by molar-refractivity contribution is 5.75. The lowest BCUT2D eigenvalue weighted by Gasteiger charge is -2.23. The molecule has 0 spiro atoms. The molecule has 1 unspecified atom stereocenters. The molecule has 4 nitrogen and oxygen atoms in total. The van der Waals surface area contributed by atoms with Crippen molar-refractivity contribution >= 4 is 5.97 Å². The Labute approximate surface area is 132 Å². The van der Waals surface area contributed by atoms with Crippen molar-refractivity contribution in [2.45, 2.75) is 58.7 Å². The van der Waals surface area contributed by atoms with Gasteiger partial charge in [0.05, 0.1) is 12.7 Å². The lowest BCUT2D eigenvalue weighted by atomic mass is 10.0. The van der Waals surface area contributed by atoms with Crippen LogP contribution in [0.1, 0.15) is 46.5 Å². The number of hydrogen-bond acceptors (Lipinski definition) is 4. The Morgan fingerprint density at radius 2 is 1.82 bits per heavy atom. The zero-order valence-electron chi connectivity index (χ0n) is 13.7. The standard InChI is InChI=1S/C18H26O4/c1-4-20-18(19)17(14-8-5-6-9-14)22-16-11-7-10-15(12-16)21-13(2)3/h7,10-14,17H,4-6,8-9H2,1-3H3. The summed E-state index contributed by atoms with van der Waals surface area (Å²) in [7, 11) is 0. The van der Waals surface area contributed by atoms with E-state index in [0.717, 1.165) is 31.4 Å². The third-order valence-corrected chi connectivity index (χ3v) is 3.79. The highest BCUT2D eigenvalue weighted by atomic mass is 16.6. The molecule has 1 fully saturated rings. The first-order valence-corrected chi connectivity index (χ1v) is 8.20. The van der Waals surface area contributed by atoms with Crippen molar-refractivity contribution in [2.75, 3.05) is 6.61 Å². The number of rotatable bonds is 7. The van der Waals surface area contributed by atoms with Gasteiger partial charge < -0.3 is 14.2 Å². The zero-order chi connectivity index (χ0) is 15.9. The van der Waals surface area contributed by atoms with Crippen molar-refractivity contribution in [3.8, 4) is 11.5 Å². The summed E-state index contributed by atoms with van der Waals surface area (Å²) in [6.45, 7) is 6.16. The molecule has 0 heterocycles. The van der Waals surface area contributed by atoms with Gasteiger partial charge in [-0.05, 0) is 45.7 Å². The Morgan fingerprint density at radius 1 is 1.18 bits per heavy atom. The molecular weight excluding hydrogens is 280 g/mol. The molecule has 0 bridgehead atoms. The van der Waals surface area contributed by atoms with Crippen LogP contribution in [0.15, 0.2) is 24.3 Å². The van der Waals surface area contributed by atoms with Crippen LogP contribution < -0.4 is 9.47 Å². The molecule has 1 aliphatic rings. The molecule has 1 aliphatic carbocycles. The lowest BCUT2D eigenvalue weighted by molar-refractivity contribution is -0.154. The van der Waals surface area contributed by atoms with Gasteiger partial charge >= 0.3 is 5.97 Å². The quantitative estimate of drug-likeness (QED) is 0.715. The Kier molecular flexibility index (Phi) is 6.10. The zero-order valence-corrected chi connectivity index (χ0v) is 13.7. The number of carbonyl (C=O) groups excluding carboxylic acids is 1. The monoisotopic (exact) mass is 306 g/mol. The smallest absolute Gasteiger partial charge is 0.347 e. The van der Waals surface area contributed by atoms with Gasteiger partial charge in [-0.2, -0.15) is 0 Å². The van der Waals surface area contributed by atoms with E-state index >= 15 is 0 Å². The minimum Gasteiger partial charge on any atom is -0.491 e. The largest absolute Gasteiger partial charge is 0.491 e. The predicted molar refractivity (Wildman–Crippen MR) is 85.2 cm³/mol. The van der Waals surface area contributed by atoms with Gasteiger partial charge in [-0.15, -0.1) is 0 Å². The van der Waals surface area contributed by atoms with E-state index in [1.54, 1.807) is 0 Å². The van der Waals surface area contributed by atoms with Crippen LogP contribution >= 0.6 is 0 Å². The normalized spacial score (nSPS) is 16.5. The van der Waals surface area contributed by atoms with E-state index in [2.05, 4.69) is 0 Å². The summed E-state index contributed by atoms with van der Waals surface area (Å²) in [6.07, 6.45) is 3.93. The highest BCUT2D eigenvalue weighted by Gasteiger charge is 2.33. The molecule has 4 heteroatoms. The number of ether oxygens (including phenoxy) is 3. The molecule has 2 rings (SSSR count). The summed E-state index contributed by atoms with van der Waals surface area (Å²) in [5, 5.41) is 0. The molecular formula is C18H26O4. The molecule has 22 heavy (non-hydrogen) atoms. The van der Waals surface area contributed by atoms with E-state index in [1.807, 2.05) is 45.0 Å². The molecule has 0 radical (unpaired) electrons. The van der Waals surface area contributed by atoms with Gasteiger partial charge in [-0.25, -0.2) is 4.79 Å². The second kappa shape index (κ2) is 8.06. The van der Waals surface area contributed by atoms with Gasteiger partial charge in [0.2, 0.25) is 0 Å². The summed E-state index contributed by atoms with van der Waals surface area (Å²) >= 11 is 0. The molecule has 0 N–H and O–H groups in total. The highest BCUT2D eigenvalue weighted by Crippen LogP contribution is 2.31. The molecule has 0 aliphatic heterocycles. The van der Waals surface area contributed by atoms with Crippen molar-refractivity contribution in [3.63, 3.8) is 0 Å². The van der Waals surface area contributed by atoms with Crippen LogP contribution in [-0.2, 0) is 9.53 Å². The third kappa shape index (κ3) is 4.65. The lowest BCUT2D eigenvalue weighted by Crippen LogP contribution is -2.35. The van der Waals surface area contributed by atoms with Gasteiger partial charge in [0.15, 0.2) is 6.10 Å². The van der Waals surface area contributed by atoms with Crippen LogP contribution in [0.4, 0.5) is 0 Å². The molecule has 1 aromatic rings. The fourth-order valence-electron chi connectivity index (χ4n) is 2.86. The van der Waals surface area contributed by atoms with Gasteiger partial charge in [-0.1, -0.05) is 18.9 Å². The van der Waals surface area contributed by atoms with Crippen LogP contribution in [0.3, 0.4) is 0 Å². The van der Waals surface area contributed by atoms with Crippen molar-refractivity contribution in [1.82, 2.24) is 0 Å². The SMILES string of the molecule is CCOC(=O)C(Oc1cccc(OC(C)C)c1)C1CCCC1. The average Bonchev–Trinajstić information content (AvgIpc) is 2.98. The fraction of sp³-hybridized carbons (Fsp3) is 0.611. The van der Waals surface area contributed by atoms with E-state index in [-0.39, 0.29) is 18.0 Å². The van der Waals surface area contributed by atoms with E-state index in [4.69, 9.17) is 14.2 Å². The second-order valence-corrected chi connectivity index (χ2v) is 5.98. The van der Waals surface area contributed by atoms with Crippen molar-refractivity contribution in [2.24, 2.45) is 5.92 Å². The second-order valence-electron chi connectivity index (χ2n) is 5.98. The Morgan fingerprint density at radius 3 is 2.41 bits per heavy atom. The van der Waals surface area contributed by atoms with Crippen molar-refractivity contribution < 1.29 is 19.0 Å². The molecule has 0 saturated heterocycles. The molecule has 1 atom stereocenters. The minimum atomic E-state index is -0.517. The molecule has 1 aromatic carbocycles. The Balaban J connectivity index is 2.10. The number of hydrogen-bond donors (Lipinski definition) is 0. The Bertz CT molecular complexity index is 478. The molecule has 122 valence electrons. The first-order valence-electron chi connectivity index (χ1n) is 8.20. The average molecular weight is 306 g/mol. The van der Waals surface area contributed by atoms with E-state index in [9.17, 15) is 4.79 Å². The van der Waals surface area contributed by atoms with Gasteiger partial charge in [0, 0.05) is 12.0 Å². The van der Waals surface area contributed by atoms with Crippen LogP contribution in [0, 0.1) is 5.92 Å². The number of benzene rings is 1. The molecule has 1 saturated carbocycles. The summed E-state index contributed by atoms with van der Waals surface area (Å²) in [4.78, 5) is 12.2. The summed E-state index contributed by atoms with van der Waals surface area (Å²) in [5.74, 6) is 1.39. The summed E-state index contributed by atoms with van der Waals surface area (Å²) < 4.78 is 16.8. The summed E-state index contributed by atoms with van der Waals surface area (Å²) in [6, 6.07) is 7.46. The van der Waals surface area contributed by atoms with E-state index in [0.29, 0.717) is 12.4 Å². The fourth-order valence-corrected chi connectivity index (χ4v) is 2.86. The van der Waals surface area contributed by atoms with Crippen molar-refractivity contribution in [3.05, 3.63) is 24.3 Å². The maximum absolute atomic E-state index is 12.2. The van der Waals surface area contributed by atoms with Crippen LogP contribution in [0.2, 0.25) is 0 Å². The first kappa shape index (κ1) is 16.7. The molecule has 0 amide bonds. The predicted octanol–water partition coefficient (Wildman–Crippen LogP) is 3.97. The van der Waals surface area contributed by atoms with Crippen LogP contribution in [0.5, 0.6) is 11.5 Å². The number of carbonyl (C=O) groups is 1. The molecule has 0 aromatic heterocycles. The van der Waals surface area contributed by atoms with E-state index in [1.165, 1.54) is 0 Å². The Hall–Kier alpha value is -1.71. The third-order valence-electron chi connectivity index (χ3n) is 3.79. The maximum atomic E-state index is 12.2. The van der Waals surface area contributed by atoms with Gasteiger partial charge in [-0.3, -0.25) is 0 Å². The minimum absolute atomic E-state index is 0.103. The van der Waals surface area contributed by atoms with Crippen molar-refractivity contribution in [1.29, 1.82) is 0 Å². The maximum Gasteiger partial charge on any atom is 0.347 e. The van der Waals surface area contributed by atoms with E-state index < -0.39 is 6.10 Å². The topological polar surface area (TPSA) is 44.8 Å². The summed E-state index contributed by atoms with van der Waals surface area (Å²) in [5.41, 5.74) is 0. The van der Waals surface area contributed by atoms with Crippen LogP contribution in [0.25, 0.3) is 0 Å². The van der Waals surface area contributed by atoms with Crippen LogP contribution in [-0.4, -0.2) is 24.8 Å². The number of esters is 1.